The van der Waals surface area contributed by atoms with Crippen molar-refractivity contribution < 1.29 is 9.53 Å². The second-order valence-electron chi connectivity index (χ2n) is 2.34. The van der Waals surface area contributed by atoms with Crippen LogP contribution < -0.4 is 0 Å². The van der Waals surface area contributed by atoms with Crippen LogP contribution in [0.5, 0.6) is 0 Å². The fourth-order valence-electron chi connectivity index (χ4n) is 0.750. The number of carbonyl (C=O) groups is 1. The minimum Gasteiger partial charge on any atom is -0.385 e. The maximum absolute atomic E-state index is 10.9. The van der Waals surface area contributed by atoms with Gasteiger partial charge in [-0.1, -0.05) is 0 Å². The Morgan fingerprint density at radius 1 is 1.55 bits per heavy atom. The first kappa shape index (κ1) is 10.2. The van der Waals surface area contributed by atoms with Gasteiger partial charge in [0.25, 0.3) is 0 Å². The van der Waals surface area contributed by atoms with E-state index in [-0.39, 0.29) is 5.78 Å². The Bertz CT molecular complexity index is 144. The zero-order valence-corrected chi connectivity index (χ0v) is 6.93. The van der Waals surface area contributed by atoms with Crippen molar-refractivity contribution in [2.45, 2.75) is 25.7 Å². The largest absolute Gasteiger partial charge is 0.385 e. The van der Waals surface area contributed by atoms with Gasteiger partial charge in [-0.2, -0.15) is 0 Å². The number of Topliss-reactive ketones (excluding diaryl/α,β-unsaturated/α-hetero) is 1. The molecule has 0 N–H and O–H groups in total. The molecule has 0 aliphatic carbocycles. The van der Waals surface area contributed by atoms with E-state index in [0.717, 1.165) is 6.42 Å². The van der Waals surface area contributed by atoms with Gasteiger partial charge >= 0.3 is 0 Å². The van der Waals surface area contributed by atoms with Crippen molar-refractivity contribution in [3.63, 3.8) is 0 Å². The minimum absolute atomic E-state index is 0.236. The predicted molar refractivity (Wildman–Crippen MR) is 44.2 cm³/mol. The van der Waals surface area contributed by atoms with E-state index in [1.54, 1.807) is 7.11 Å². The zero-order valence-electron chi connectivity index (χ0n) is 6.93. The van der Waals surface area contributed by atoms with E-state index in [4.69, 9.17) is 11.2 Å². The molecule has 11 heavy (non-hydrogen) atoms. The third-order valence-corrected chi connectivity index (χ3v) is 1.35. The van der Waals surface area contributed by atoms with Gasteiger partial charge in [0.1, 0.15) is 5.78 Å². The van der Waals surface area contributed by atoms with Crippen LogP contribution in [0.1, 0.15) is 25.7 Å². The molecular formula is C9H14O2. The SMILES string of the molecule is C#CCCC(=O)CCCOC. The summed E-state index contributed by atoms with van der Waals surface area (Å²) in [4.78, 5) is 10.9. The lowest BCUT2D eigenvalue weighted by Crippen LogP contribution is -1.99. The summed E-state index contributed by atoms with van der Waals surface area (Å²) in [5.41, 5.74) is 0. The van der Waals surface area contributed by atoms with E-state index in [2.05, 4.69) is 5.92 Å². The van der Waals surface area contributed by atoms with Gasteiger partial charge in [-0.25, -0.2) is 0 Å². The topological polar surface area (TPSA) is 26.3 Å². The number of methoxy groups -OCH3 is 1. The molecule has 0 aromatic heterocycles. The first-order valence-electron chi connectivity index (χ1n) is 3.75. The Hall–Kier alpha value is -0.810. The summed E-state index contributed by atoms with van der Waals surface area (Å²) in [5, 5.41) is 0. The number of ketones is 1. The second-order valence-corrected chi connectivity index (χ2v) is 2.34. The van der Waals surface area contributed by atoms with Crippen molar-refractivity contribution in [3.05, 3.63) is 0 Å². The van der Waals surface area contributed by atoms with Gasteiger partial charge < -0.3 is 4.74 Å². The van der Waals surface area contributed by atoms with E-state index in [1.165, 1.54) is 0 Å². The average Bonchev–Trinajstić information content (AvgIpc) is 2.01. The molecule has 0 saturated carbocycles. The molecule has 2 nitrogen and oxygen atoms in total. The van der Waals surface area contributed by atoms with Crippen molar-refractivity contribution in [2.24, 2.45) is 0 Å². The molecule has 0 fully saturated rings. The van der Waals surface area contributed by atoms with Crippen LogP contribution >= 0.6 is 0 Å². The first-order valence-corrected chi connectivity index (χ1v) is 3.75. The van der Waals surface area contributed by atoms with Crippen LogP contribution in [0.4, 0.5) is 0 Å². The molecule has 0 saturated heterocycles. The second kappa shape index (κ2) is 7.30. The fraction of sp³-hybridized carbons (Fsp3) is 0.667. The van der Waals surface area contributed by atoms with E-state index < -0.39 is 0 Å². The highest BCUT2D eigenvalue weighted by molar-refractivity contribution is 5.78. The Labute approximate surface area is 67.9 Å². The summed E-state index contributed by atoms with van der Waals surface area (Å²) in [6, 6.07) is 0. The van der Waals surface area contributed by atoms with Gasteiger partial charge in [-0.15, -0.1) is 12.3 Å². The van der Waals surface area contributed by atoms with Crippen molar-refractivity contribution in [3.8, 4) is 12.3 Å². The third-order valence-electron chi connectivity index (χ3n) is 1.35. The van der Waals surface area contributed by atoms with Crippen molar-refractivity contribution in [2.75, 3.05) is 13.7 Å². The maximum atomic E-state index is 10.9. The van der Waals surface area contributed by atoms with Crippen LogP contribution in [0.25, 0.3) is 0 Å². The summed E-state index contributed by atoms with van der Waals surface area (Å²) in [6.45, 7) is 0.655. The first-order chi connectivity index (χ1) is 5.31. The number of hydrogen-bond acceptors (Lipinski definition) is 2. The molecule has 0 aliphatic rings. The lowest BCUT2D eigenvalue weighted by Gasteiger charge is -1.96. The van der Waals surface area contributed by atoms with Crippen LogP contribution in [0.15, 0.2) is 0 Å². The number of hydrogen-bond donors (Lipinski definition) is 0. The van der Waals surface area contributed by atoms with E-state index >= 15 is 0 Å². The van der Waals surface area contributed by atoms with E-state index in [1.807, 2.05) is 0 Å². The predicted octanol–water partition coefficient (Wildman–Crippen LogP) is 1.40. The third kappa shape index (κ3) is 7.08. The molecule has 62 valence electrons. The Balaban J connectivity index is 3.17. The molecule has 0 amide bonds. The highest BCUT2D eigenvalue weighted by atomic mass is 16.5. The number of ether oxygens (including phenoxy) is 1. The number of carbonyl (C=O) groups excluding carboxylic acids is 1. The molecule has 0 bridgehead atoms. The molecule has 0 aromatic rings. The van der Waals surface area contributed by atoms with Crippen LogP contribution in [0.2, 0.25) is 0 Å². The lowest BCUT2D eigenvalue weighted by molar-refractivity contribution is -0.119. The summed E-state index contributed by atoms with van der Waals surface area (Å²) in [5.74, 6) is 2.67. The molecule has 0 heterocycles. The van der Waals surface area contributed by atoms with Crippen LogP contribution in [0.3, 0.4) is 0 Å². The Morgan fingerprint density at radius 3 is 2.82 bits per heavy atom. The van der Waals surface area contributed by atoms with Gasteiger partial charge in [-0.05, 0) is 6.42 Å². The van der Waals surface area contributed by atoms with E-state index in [0.29, 0.717) is 25.9 Å². The number of terminal acetylenes is 1. The normalized spacial score (nSPS) is 9.09. The zero-order chi connectivity index (χ0) is 8.53. The quantitative estimate of drug-likeness (QED) is 0.427. The average molecular weight is 154 g/mol. The summed E-state index contributed by atoms with van der Waals surface area (Å²) >= 11 is 0. The Kier molecular flexibility index (Phi) is 6.76. The van der Waals surface area contributed by atoms with Crippen LogP contribution in [-0.2, 0) is 9.53 Å². The maximum Gasteiger partial charge on any atom is 0.133 e. The molecule has 0 aromatic carbocycles. The summed E-state index contributed by atoms with van der Waals surface area (Å²) in [6.07, 6.45) is 7.48. The molecule has 0 unspecified atom stereocenters. The van der Waals surface area contributed by atoms with Crippen LogP contribution in [-0.4, -0.2) is 19.5 Å². The van der Waals surface area contributed by atoms with E-state index in [9.17, 15) is 4.79 Å². The van der Waals surface area contributed by atoms with Crippen LogP contribution in [0, 0.1) is 12.3 Å². The summed E-state index contributed by atoms with van der Waals surface area (Å²) in [7, 11) is 1.63. The van der Waals surface area contributed by atoms with Crippen molar-refractivity contribution in [1.82, 2.24) is 0 Å². The molecule has 0 aliphatic heterocycles. The monoisotopic (exact) mass is 154 g/mol. The fourth-order valence-corrected chi connectivity index (χ4v) is 0.750. The molecule has 0 radical (unpaired) electrons. The molecule has 0 spiro atoms. The Morgan fingerprint density at radius 2 is 2.27 bits per heavy atom. The van der Waals surface area contributed by atoms with Gasteiger partial charge in [-0.3, -0.25) is 4.79 Å². The molecule has 0 rings (SSSR count). The van der Waals surface area contributed by atoms with Crippen molar-refractivity contribution >= 4 is 5.78 Å². The van der Waals surface area contributed by atoms with Crippen molar-refractivity contribution in [1.29, 1.82) is 0 Å². The van der Waals surface area contributed by atoms with Gasteiger partial charge in [0.2, 0.25) is 0 Å². The molecule has 2 heteroatoms. The van der Waals surface area contributed by atoms with Gasteiger partial charge in [0.05, 0.1) is 0 Å². The lowest BCUT2D eigenvalue weighted by atomic mass is 10.1. The smallest absolute Gasteiger partial charge is 0.133 e. The minimum atomic E-state index is 0.236. The number of rotatable bonds is 6. The molecule has 0 atom stereocenters. The highest BCUT2D eigenvalue weighted by Gasteiger charge is 1.98. The van der Waals surface area contributed by atoms with Gasteiger partial charge in [0, 0.05) is 33.0 Å². The standard InChI is InChI=1S/C9H14O2/c1-3-4-6-9(10)7-5-8-11-2/h1H,4-8H2,2H3. The highest BCUT2D eigenvalue weighted by Crippen LogP contribution is 1.97. The van der Waals surface area contributed by atoms with Gasteiger partial charge in [0.15, 0.2) is 0 Å². The molecular weight excluding hydrogens is 140 g/mol. The summed E-state index contributed by atoms with van der Waals surface area (Å²) < 4.78 is 4.80.